The number of hydrogen-bond donors (Lipinski definition) is 0. The second-order valence-corrected chi connectivity index (χ2v) is 7.55. The molecular formula is C24H26N2O3. The summed E-state index contributed by atoms with van der Waals surface area (Å²) in [5.74, 6) is -0.808. The van der Waals surface area contributed by atoms with E-state index in [9.17, 15) is 9.59 Å². The van der Waals surface area contributed by atoms with Crippen LogP contribution in [0.25, 0.3) is 5.69 Å². The van der Waals surface area contributed by atoms with Crippen molar-refractivity contribution in [3.63, 3.8) is 0 Å². The predicted octanol–water partition coefficient (Wildman–Crippen LogP) is 4.76. The molecule has 150 valence electrons. The Morgan fingerprint density at radius 1 is 0.897 bits per heavy atom. The van der Waals surface area contributed by atoms with Crippen LogP contribution in [0.4, 0.5) is 0 Å². The van der Waals surface area contributed by atoms with Crippen LogP contribution in [0.2, 0.25) is 0 Å². The van der Waals surface area contributed by atoms with Gasteiger partial charge in [-0.05, 0) is 82.0 Å². The summed E-state index contributed by atoms with van der Waals surface area (Å²) in [5.41, 5.74) is 7.69. The number of benzene rings is 2. The standard InChI is InChI=1S/C24H26N2O3/c1-14-7-9-20(10-8-14)26-17(4)12-21(25-26)24(28)29-13-22(27)23-16(3)11-15(2)18(5)19(23)6/h7-12H,13H2,1-6H3. The van der Waals surface area contributed by atoms with E-state index in [4.69, 9.17) is 4.74 Å². The van der Waals surface area contributed by atoms with Gasteiger partial charge in [0.1, 0.15) is 0 Å². The van der Waals surface area contributed by atoms with Gasteiger partial charge in [-0.15, -0.1) is 0 Å². The average Bonchev–Trinajstić information content (AvgIpc) is 3.06. The monoisotopic (exact) mass is 390 g/mol. The summed E-state index contributed by atoms with van der Waals surface area (Å²) < 4.78 is 6.97. The van der Waals surface area contributed by atoms with Gasteiger partial charge in [0, 0.05) is 11.3 Å². The molecule has 0 aliphatic heterocycles. The number of ketones is 1. The van der Waals surface area contributed by atoms with E-state index in [1.54, 1.807) is 10.7 Å². The van der Waals surface area contributed by atoms with Gasteiger partial charge in [-0.2, -0.15) is 5.10 Å². The molecule has 0 amide bonds. The van der Waals surface area contributed by atoms with Crippen LogP contribution in [0.5, 0.6) is 0 Å². The largest absolute Gasteiger partial charge is 0.453 e. The number of rotatable bonds is 5. The number of carbonyl (C=O) groups excluding carboxylic acids is 2. The topological polar surface area (TPSA) is 61.2 Å². The smallest absolute Gasteiger partial charge is 0.359 e. The molecule has 1 aromatic heterocycles. The Kier molecular flexibility index (Phi) is 5.69. The summed E-state index contributed by atoms with van der Waals surface area (Å²) in [7, 11) is 0. The maximum absolute atomic E-state index is 12.7. The first-order valence-electron chi connectivity index (χ1n) is 9.60. The van der Waals surface area contributed by atoms with Crippen molar-refractivity contribution in [2.24, 2.45) is 0 Å². The maximum atomic E-state index is 12.7. The number of Topliss-reactive ketones (excluding diaryl/α,β-unsaturated/α-hetero) is 1. The van der Waals surface area contributed by atoms with E-state index in [1.807, 2.05) is 71.9 Å². The minimum absolute atomic E-state index is 0.185. The van der Waals surface area contributed by atoms with Crippen LogP contribution in [0.3, 0.4) is 0 Å². The lowest BCUT2D eigenvalue weighted by molar-refractivity contribution is 0.0468. The quantitative estimate of drug-likeness (QED) is 0.465. The Bertz CT molecular complexity index is 1090. The fourth-order valence-electron chi connectivity index (χ4n) is 3.51. The molecule has 0 fully saturated rings. The van der Waals surface area contributed by atoms with E-state index in [0.29, 0.717) is 5.56 Å². The second kappa shape index (κ2) is 8.03. The Morgan fingerprint density at radius 2 is 1.55 bits per heavy atom. The fraction of sp³-hybridized carbons (Fsp3) is 0.292. The van der Waals surface area contributed by atoms with Crippen molar-refractivity contribution in [1.82, 2.24) is 9.78 Å². The van der Waals surface area contributed by atoms with Gasteiger partial charge in [0.15, 0.2) is 12.3 Å². The van der Waals surface area contributed by atoms with Gasteiger partial charge in [-0.25, -0.2) is 9.48 Å². The average molecular weight is 390 g/mol. The second-order valence-electron chi connectivity index (χ2n) is 7.55. The summed E-state index contributed by atoms with van der Waals surface area (Å²) in [6.07, 6.45) is 0. The molecule has 0 unspecified atom stereocenters. The number of esters is 1. The molecule has 2 aromatic carbocycles. The summed E-state index contributed by atoms with van der Waals surface area (Å²) in [4.78, 5) is 25.2. The van der Waals surface area contributed by atoms with Crippen molar-refractivity contribution in [2.75, 3.05) is 6.61 Å². The van der Waals surface area contributed by atoms with Crippen molar-refractivity contribution in [3.8, 4) is 5.69 Å². The van der Waals surface area contributed by atoms with Crippen molar-refractivity contribution in [2.45, 2.75) is 41.5 Å². The summed E-state index contributed by atoms with van der Waals surface area (Å²) >= 11 is 0. The lowest BCUT2D eigenvalue weighted by Gasteiger charge is -2.14. The van der Waals surface area contributed by atoms with Gasteiger partial charge >= 0.3 is 5.97 Å². The highest BCUT2D eigenvalue weighted by Crippen LogP contribution is 2.22. The molecule has 0 aliphatic rings. The highest BCUT2D eigenvalue weighted by Gasteiger charge is 2.20. The minimum atomic E-state index is -0.605. The Labute approximate surface area is 171 Å². The van der Waals surface area contributed by atoms with Gasteiger partial charge in [0.25, 0.3) is 0 Å². The van der Waals surface area contributed by atoms with Crippen molar-refractivity contribution >= 4 is 11.8 Å². The Hall–Kier alpha value is -3.21. The van der Waals surface area contributed by atoms with Gasteiger partial charge in [-0.3, -0.25) is 4.79 Å². The minimum Gasteiger partial charge on any atom is -0.453 e. The predicted molar refractivity (Wildman–Crippen MR) is 113 cm³/mol. The molecule has 0 saturated carbocycles. The summed E-state index contributed by atoms with van der Waals surface area (Å²) in [6, 6.07) is 11.5. The highest BCUT2D eigenvalue weighted by molar-refractivity contribution is 6.01. The van der Waals surface area contributed by atoms with Gasteiger partial charge in [0.2, 0.25) is 5.78 Å². The number of hydrogen-bond acceptors (Lipinski definition) is 4. The van der Waals surface area contributed by atoms with Crippen molar-refractivity contribution in [3.05, 3.63) is 81.2 Å². The van der Waals surface area contributed by atoms with Crippen molar-refractivity contribution < 1.29 is 14.3 Å². The van der Waals surface area contributed by atoms with Gasteiger partial charge in [0.05, 0.1) is 5.69 Å². The van der Waals surface area contributed by atoms with E-state index >= 15 is 0 Å². The Balaban J connectivity index is 1.75. The van der Waals surface area contributed by atoms with Crippen LogP contribution < -0.4 is 0 Å². The van der Waals surface area contributed by atoms with Crippen molar-refractivity contribution in [1.29, 1.82) is 0 Å². The van der Waals surface area contributed by atoms with Crippen LogP contribution in [0.15, 0.2) is 36.4 Å². The van der Waals surface area contributed by atoms with Crippen LogP contribution in [-0.4, -0.2) is 28.1 Å². The van der Waals surface area contributed by atoms with E-state index < -0.39 is 5.97 Å². The molecule has 5 heteroatoms. The lowest BCUT2D eigenvalue weighted by Crippen LogP contribution is -2.17. The normalized spacial score (nSPS) is 10.8. The molecule has 3 aromatic rings. The third-order valence-corrected chi connectivity index (χ3v) is 5.34. The molecule has 0 radical (unpaired) electrons. The van der Waals surface area contributed by atoms with Gasteiger partial charge in [-0.1, -0.05) is 23.8 Å². The molecule has 1 heterocycles. The van der Waals surface area contributed by atoms with E-state index in [-0.39, 0.29) is 18.1 Å². The van der Waals surface area contributed by atoms with Crippen LogP contribution >= 0.6 is 0 Å². The molecule has 5 nitrogen and oxygen atoms in total. The number of ether oxygens (including phenoxy) is 1. The SMILES string of the molecule is Cc1ccc(-n2nc(C(=O)OCC(=O)c3c(C)cc(C)c(C)c3C)cc2C)cc1. The molecule has 0 aliphatic carbocycles. The zero-order valence-corrected chi connectivity index (χ0v) is 17.8. The summed E-state index contributed by atoms with van der Waals surface area (Å²) in [5, 5.41) is 4.35. The third kappa shape index (κ3) is 4.14. The molecule has 3 rings (SSSR count). The van der Waals surface area contributed by atoms with Crippen LogP contribution in [0, 0.1) is 41.5 Å². The van der Waals surface area contributed by atoms with E-state index in [2.05, 4.69) is 5.10 Å². The van der Waals surface area contributed by atoms with E-state index in [0.717, 1.165) is 39.2 Å². The first-order chi connectivity index (χ1) is 13.7. The molecule has 0 saturated heterocycles. The molecule has 29 heavy (non-hydrogen) atoms. The zero-order chi connectivity index (χ0) is 21.3. The number of nitrogens with zero attached hydrogens (tertiary/aromatic N) is 2. The molecule has 0 spiro atoms. The van der Waals surface area contributed by atoms with E-state index in [1.165, 1.54) is 0 Å². The molecule has 0 atom stereocenters. The first kappa shape index (κ1) is 20.5. The zero-order valence-electron chi connectivity index (χ0n) is 17.8. The molecular weight excluding hydrogens is 364 g/mol. The van der Waals surface area contributed by atoms with Crippen LogP contribution in [0.1, 0.15) is 54.4 Å². The summed E-state index contributed by atoms with van der Waals surface area (Å²) in [6.45, 7) is 11.4. The fourth-order valence-corrected chi connectivity index (χ4v) is 3.51. The maximum Gasteiger partial charge on any atom is 0.359 e. The molecule has 0 N–H and O–H groups in total. The highest BCUT2D eigenvalue weighted by atomic mass is 16.5. The number of aryl methyl sites for hydroxylation is 4. The molecule has 0 bridgehead atoms. The lowest BCUT2D eigenvalue weighted by atomic mass is 9.92. The Morgan fingerprint density at radius 3 is 2.21 bits per heavy atom. The number of carbonyl (C=O) groups is 2. The first-order valence-corrected chi connectivity index (χ1v) is 9.60. The number of aromatic nitrogens is 2. The van der Waals surface area contributed by atoms with Gasteiger partial charge < -0.3 is 4.74 Å². The third-order valence-electron chi connectivity index (χ3n) is 5.34. The van der Waals surface area contributed by atoms with Crippen LogP contribution in [-0.2, 0) is 4.74 Å².